The van der Waals surface area contributed by atoms with Gasteiger partial charge in [0.25, 0.3) is 0 Å². The second-order valence-electron chi connectivity index (χ2n) is 7.77. The number of benzene rings is 3. The van der Waals surface area contributed by atoms with E-state index in [2.05, 4.69) is 4.98 Å². The van der Waals surface area contributed by atoms with E-state index in [0.29, 0.717) is 22.9 Å². The van der Waals surface area contributed by atoms with Crippen molar-refractivity contribution in [2.45, 2.75) is 12.8 Å². The Morgan fingerprint density at radius 1 is 0.839 bits per heavy atom. The first kappa shape index (κ1) is 20.0. The molecular weight excluding hydrogens is 429 g/mol. The summed E-state index contributed by atoms with van der Waals surface area (Å²) in [6, 6.07) is 17.7. The number of nitrogens with zero attached hydrogens (tertiary/aromatic N) is 1. The number of fused-ring (bicyclic) bond motifs is 2. The van der Waals surface area contributed by atoms with Crippen molar-refractivity contribution in [1.82, 2.24) is 4.98 Å². The van der Waals surface area contributed by atoms with Crippen molar-refractivity contribution in [2.75, 3.05) is 7.11 Å². The van der Waals surface area contributed by atoms with E-state index in [1.807, 2.05) is 67.0 Å². The van der Waals surface area contributed by atoms with Crippen LogP contribution in [0.25, 0.3) is 33.0 Å². The monoisotopic (exact) mass is 447 g/mol. The van der Waals surface area contributed by atoms with E-state index in [0.717, 1.165) is 33.0 Å². The van der Waals surface area contributed by atoms with E-state index in [4.69, 9.17) is 27.9 Å². The number of halogens is 2. The van der Waals surface area contributed by atoms with E-state index in [1.54, 1.807) is 0 Å². The predicted molar refractivity (Wildman–Crippen MR) is 126 cm³/mol. The first-order valence-electron chi connectivity index (χ1n) is 10.1. The Hall–Kier alpha value is -2.88. The minimum Gasteiger partial charge on any atom is -0.469 e. The number of aromatic nitrogens is 1. The quantitative estimate of drug-likeness (QED) is 0.325. The van der Waals surface area contributed by atoms with Gasteiger partial charge in [0.15, 0.2) is 0 Å². The molecule has 0 amide bonds. The lowest BCUT2D eigenvalue weighted by atomic mass is 9.85. The van der Waals surface area contributed by atoms with Crippen molar-refractivity contribution in [3.05, 3.63) is 88.2 Å². The highest BCUT2D eigenvalue weighted by Crippen LogP contribution is 2.47. The Kier molecular flexibility index (Phi) is 5.17. The zero-order valence-electron chi connectivity index (χ0n) is 16.9. The number of rotatable bonds is 3. The third-order valence-corrected chi connectivity index (χ3v) is 6.53. The minimum atomic E-state index is -0.207. The zero-order chi connectivity index (χ0) is 21.5. The van der Waals surface area contributed by atoms with Gasteiger partial charge in [0.2, 0.25) is 0 Å². The average Bonchev–Trinajstić information content (AvgIpc) is 3.23. The van der Waals surface area contributed by atoms with E-state index in [1.165, 1.54) is 18.2 Å². The molecule has 31 heavy (non-hydrogen) atoms. The van der Waals surface area contributed by atoms with Crippen LogP contribution >= 0.6 is 23.2 Å². The number of hydrogen-bond acceptors (Lipinski definition) is 3. The number of pyridine rings is 1. The Labute approximate surface area is 190 Å². The summed E-state index contributed by atoms with van der Waals surface area (Å²) in [6.45, 7) is 0. The summed E-state index contributed by atoms with van der Waals surface area (Å²) >= 11 is 12.3. The highest BCUT2D eigenvalue weighted by atomic mass is 35.5. The third-order valence-electron chi connectivity index (χ3n) is 6.03. The van der Waals surface area contributed by atoms with Crippen LogP contribution in [-0.4, -0.2) is 18.1 Å². The number of ether oxygens (including phenoxy) is 1. The number of carbonyl (C=O) groups is 1. The zero-order valence-corrected chi connectivity index (χ0v) is 18.4. The second-order valence-corrected chi connectivity index (χ2v) is 8.64. The summed E-state index contributed by atoms with van der Waals surface area (Å²) < 4.78 is 5.10. The summed E-state index contributed by atoms with van der Waals surface area (Å²) in [5.41, 5.74) is 6.73. The maximum Gasteiger partial charge on any atom is 0.309 e. The summed E-state index contributed by atoms with van der Waals surface area (Å²) in [5, 5.41) is 3.54. The van der Waals surface area contributed by atoms with Crippen LogP contribution in [-0.2, 0) is 22.4 Å². The molecule has 1 unspecified atom stereocenters. The Morgan fingerprint density at radius 2 is 1.35 bits per heavy atom. The van der Waals surface area contributed by atoms with E-state index in [9.17, 15) is 4.79 Å². The van der Waals surface area contributed by atoms with Crippen LogP contribution in [0.1, 0.15) is 11.1 Å². The molecule has 0 N–H and O–H groups in total. The van der Waals surface area contributed by atoms with E-state index >= 15 is 0 Å². The molecule has 4 aromatic rings. The first-order chi connectivity index (χ1) is 15.1. The molecule has 1 aliphatic rings. The van der Waals surface area contributed by atoms with Gasteiger partial charge in [-0.2, -0.15) is 0 Å². The fourth-order valence-corrected chi connectivity index (χ4v) is 4.93. The molecule has 154 valence electrons. The van der Waals surface area contributed by atoms with Crippen LogP contribution in [0.3, 0.4) is 0 Å². The van der Waals surface area contributed by atoms with E-state index < -0.39 is 0 Å². The highest BCUT2D eigenvalue weighted by Gasteiger charge is 2.34. The lowest BCUT2D eigenvalue weighted by Gasteiger charge is -2.19. The highest BCUT2D eigenvalue weighted by molar-refractivity contribution is 6.31. The molecule has 0 bridgehead atoms. The number of methoxy groups -OCH3 is 1. The van der Waals surface area contributed by atoms with Gasteiger partial charge in [-0.05, 0) is 81.9 Å². The molecule has 0 spiro atoms. The van der Waals surface area contributed by atoms with Crippen LogP contribution in [0.5, 0.6) is 0 Å². The summed E-state index contributed by atoms with van der Waals surface area (Å²) in [7, 11) is 1.45. The molecule has 1 aliphatic carbocycles. The molecule has 1 aromatic heterocycles. The van der Waals surface area contributed by atoms with Crippen molar-refractivity contribution < 1.29 is 9.53 Å². The Balaban J connectivity index is 1.85. The summed E-state index contributed by atoms with van der Waals surface area (Å²) in [5.74, 6) is -0.385. The van der Waals surface area contributed by atoms with Gasteiger partial charge in [-0.15, -0.1) is 0 Å². The van der Waals surface area contributed by atoms with Gasteiger partial charge in [-0.25, -0.2) is 0 Å². The van der Waals surface area contributed by atoms with Crippen LogP contribution in [0.2, 0.25) is 10.0 Å². The third kappa shape index (κ3) is 3.48. The number of carbonyl (C=O) groups excluding carboxylic acids is 1. The molecule has 0 saturated heterocycles. The molecule has 5 rings (SSSR count). The van der Waals surface area contributed by atoms with Gasteiger partial charge in [-0.3, -0.25) is 9.78 Å². The molecule has 0 radical (unpaired) electrons. The van der Waals surface area contributed by atoms with Crippen LogP contribution in [0, 0.1) is 5.92 Å². The van der Waals surface area contributed by atoms with Gasteiger partial charge in [0.05, 0.1) is 13.0 Å². The molecule has 3 nitrogen and oxygen atoms in total. The van der Waals surface area contributed by atoms with Crippen LogP contribution in [0.15, 0.2) is 67.0 Å². The molecule has 5 heteroatoms. The molecule has 3 aromatic carbocycles. The molecule has 1 atom stereocenters. The largest absolute Gasteiger partial charge is 0.469 e. The standard InChI is InChI=1S/C26H19Cl2NO2/c1-31-26(30)17-12-21-22(13-17)25(16-4-8-19(28)9-5-16)23-14-29-11-10-20(23)24(21)15-2-6-18(27)7-3-15/h2-11,14,17H,12-13H2,1H3. The van der Waals surface area contributed by atoms with Crippen LogP contribution in [0.4, 0.5) is 0 Å². The minimum absolute atomic E-state index is 0.178. The first-order valence-corrected chi connectivity index (χ1v) is 10.8. The fourth-order valence-electron chi connectivity index (χ4n) is 4.68. The van der Waals surface area contributed by atoms with Gasteiger partial charge in [-0.1, -0.05) is 47.5 Å². The fraction of sp³-hybridized carbons (Fsp3) is 0.154. The lowest BCUT2D eigenvalue weighted by Crippen LogP contribution is -2.16. The second kappa shape index (κ2) is 7.99. The normalized spacial score (nSPS) is 15.1. The molecule has 0 aliphatic heterocycles. The Bertz CT molecular complexity index is 1200. The molecule has 1 heterocycles. The van der Waals surface area contributed by atoms with Crippen molar-refractivity contribution in [3.63, 3.8) is 0 Å². The lowest BCUT2D eigenvalue weighted by molar-refractivity contribution is -0.145. The van der Waals surface area contributed by atoms with Crippen molar-refractivity contribution in [3.8, 4) is 22.3 Å². The number of esters is 1. The van der Waals surface area contributed by atoms with Crippen molar-refractivity contribution in [1.29, 1.82) is 0 Å². The molecule has 0 fully saturated rings. The summed E-state index contributed by atoms with van der Waals surface area (Å²) in [4.78, 5) is 16.9. The van der Waals surface area contributed by atoms with Crippen LogP contribution < -0.4 is 0 Å². The van der Waals surface area contributed by atoms with Gasteiger partial charge < -0.3 is 4.74 Å². The maximum atomic E-state index is 12.5. The Morgan fingerprint density at radius 3 is 1.87 bits per heavy atom. The topological polar surface area (TPSA) is 39.2 Å². The van der Waals surface area contributed by atoms with Crippen molar-refractivity contribution >= 4 is 39.9 Å². The molecule has 0 saturated carbocycles. The smallest absolute Gasteiger partial charge is 0.309 e. The molecular formula is C26H19Cl2NO2. The average molecular weight is 448 g/mol. The van der Waals surface area contributed by atoms with Gasteiger partial charge >= 0.3 is 5.97 Å². The van der Waals surface area contributed by atoms with E-state index in [-0.39, 0.29) is 11.9 Å². The maximum absolute atomic E-state index is 12.5. The number of hydrogen-bond donors (Lipinski definition) is 0. The predicted octanol–water partition coefficient (Wildman–Crippen LogP) is 6.76. The SMILES string of the molecule is COC(=O)C1Cc2c(c(-c3ccc(Cl)cc3)c3cnccc3c2-c2ccc(Cl)cc2)C1. The van der Waals surface area contributed by atoms with Gasteiger partial charge in [0.1, 0.15) is 0 Å². The van der Waals surface area contributed by atoms with Gasteiger partial charge in [0, 0.05) is 27.8 Å². The summed E-state index contributed by atoms with van der Waals surface area (Å²) in [6.07, 6.45) is 4.99. The van der Waals surface area contributed by atoms with Crippen molar-refractivity contribution in [2.24, 2.45) is 5.92 Å².